The van der Waals surface area contributed by atoms with Crippen LogP contribution in [0.5, 0.6) is 0 Å². The lowest BCUT2D eigenvalue weighted by molar-refractivity contribution is 0.191. The van der Waals surface area contributed by atoms with Crippen molar-refractivity contribution in [3.8, 4) is 0 Å². The van der Waals surface area contributed by atoms with Crippen LogP contribution in [-0.2, 0) is 0 Å². The predicted octanol–water partition coefficient (Wildman–Crippen LogP) is 4.17. The molecule has 0 saturated carbocycles. The topological polar surface area (TPSA) is 46.3 Å². The van der Waals surface area contributed by atoms with Gasteiger partial charge in [-0.1, -0.05) is 18.2 Å². The van der Waals surface area contributed by atoms with Gasteiger partial charge in [0, 0.05) is 10.5 Å². The summed E-state index contributed by atoms with van der Waals surface area (Å²) in [5.41, 5.74) is 1.70. The van der Waals surface area contributed by atoms with Gasteiger partial charge in [-0.05, 0) is 43.0 Å². The first-order valence-corrected chi connectivity index (χ1v) is 6.96. The third kappa shape index (κ3) is 2.42. The zero-order valence-electron chi connectivity index (χ0n) is 10.7. The molecule has 0 fully saturated rings. The quantitative estimate of drug-likeness (QED) is 0.786. The fourth-order valence-electron chi connectivity index (χ4n) is 2.00. The second kappa shape index (κ2) is 5.26. The third-order valence-electron chi connectivity index (χ3n) is 2.90. The number of rotatable bonds is 3. The normalized spacial score (nSPS) is 12.8. The summed E-state index contributed by atoms with van der Waals surface area (Å²) in [6.07, 6.45) is -0.886. The number of nitrogens with zero attached hydrogens (tertiary/aromatic N) is 1. The number of aromatic nitrogens is 1. The summed E-state index contributed by atoms with van der Waals surface area (Å²) in [6.45, 7) is 1.54. The fourth-order valence-corrected chi connectivity index (χ4v) is 2.99. The molecule has 3 rings (SSSR count). The van der Waals surface area contributed by atoms with Gasteiger partial charge >= 0.3 is 0 Å². The Bertz CT molecular complexity index is 721. The standard InChI is InChI=1S/C15H12FNO2S/c1-9(18)14-10(16)5-4-8-13(14)20-15-17-11-6-2-3-7-12(11)19-15/h2-9,18H,1H3/t9-/m0/s1. The number of aliphatic hydroxyl groups is 1. The summed E-state index contributed by atoms with van der Waals surface area (Å²) < 4.78 is 19.4. The van der Waals surface area contributed by atoms with E-state index in [0.29, 0.717) is 15.7 Å². The molecule has 0 amide bonds. The lowest BCUT2D eigenvalue weighted by Crippen LogP contribution is -1.98. The van der Waals surface area contributed by atoms with Crippen LogP contribution in [0.25, 0.3) is 11.1 Å². The fraction of sp³-hybridized carbons (Fsp3) is 0.133. The minimum Gasteiger partial charge on any atom is -0.431 e. The highest BCUT2D eigenvalue weighted by atomic mass is 32.2. The van der Waals surface area contributed by atoms with Crippen molar-refractivity contribution in [3.63, 3.8) is 0 Å². The SMILES string of the molecule is C[C@H](O)c1c(F)cccc1Sc1nc2ccccc2o1. The van der Waals surface area contributed by atoms with Crippen molar-refractivity contribution in [2.45, 2.75) is 23.1 Å². The monoisotopic (exact) mass is 289 g/mol. The van der Waals surface area contributed by atoms with Crippen molar-refractivity contribution in [1.29, 1.82) is 0 Å². The molecule has 1 atom stereocenters. The lowest BCUT2D eigenvalue weighted by atomic mass is 10.1. The van der Waals surface area contributed by atoms with Gasteiger partial charge in [0.2, 0.25) is 0 Å². The maximum absolute atomic E-state index is 13.8. The van der Waals surface area contributed by atoms with Crippen LogP contribution < -0.4 is 0 Å². The Balaban J connectivity index is 2.00. The summed E-state index contributed by atoms with van der Waals surface area (Å²) in [4.78, 5) is 4.93. The number of hydrogen-bond acceptors (Lipinski definition) is 4. The highest BCUT2D eigenvalue weighted by Crippen LogP contribution is 2.35. The van der Waals surface area contributed by atoms with Gasteiger partial charge in [0.25, 0.3) is 5.22 Å². The maximum atomic E-state index is 13.8. The van der Waals surface area contributed by atoms with Gasteiger partial charge in [0.15, 0.2) is 5.58 Å². The third-order valence-corrected chi connectivity index (χ3v) is 3.83. The molecule has 0 saturated heterocycles. The van der Waals surface area contributed by atoms with Crippen molar-refractivity contribution >= 4 is 22.9 Å². The van der Waals surface area contributed by atoms with Crippen molar-refractivity contribution in [1.82, 2.24) is 4.98 Å². The summed E-state index contributed by atoms with van der Waals surface area (Å²) in [5.74, 6) is -0.430. The van der Waals surface area contributed by atoms with E-state index in [1.807, 2.05) is 24.3 Å². The predicted molar refractivity (Wildman–Crippen MR) is 75.2 cm³/mol. The van der Waals surface area contributed by atoms with Gasteiger partial charge in [-0.25, -0.2) is 9.37 Å². The van der Waals surface area contributed by atoms with Crippen LogP contribution in [0, 0.1) is 5.82 Å². The Morgan fingerprint density at radius 1 is 1.20 bits per heavy atom. The van der Waals surface area contributed by atoms with Crippen molar-refractivity contribution in [3.05, 3.63) is 53.8 Å². The van der Waals surface area contributed by atoms with Gasteiger partial charge in [-0.2, -0.15) is 0 Å². The molecule has 0 unspecified atom stereocenters. The molecule has 1 N–H and O–H groups in total. The Hall–Kier alpha value is -1.85. The Kier molecular flexibility index (Phi) is 3.46. The molecule has 102 valence electrons. The molecule has 20 heavy (non-hydrogen) atoms. The van der Waals surface area contributed by atoms with E-state index in [1.54, 1.807) is 12.1 Å². The largest absolute Gasteiger partial charge is 0.431 e. The molecule has 0 spiro atoms. The molecule has 1 aromatic heterocycles. The van der Waals surface area contributed by atoms with Gasteiger partial charge in [0.1, 0.15) is 11.3 Å². The van der Waals surface area contributed by atoms with Crippen LogP contribution in [0.1, 0.15) is 18.6 Å². The van der Waals surface area contributed by atoms with Crippen LogP contribution >= 0.6 is 11.8 Å². The second-order valence-corrected chi connectivity index (χ2v) is 5.37. The van der Waals surface area contributed by atoms with E-state index in [2.05, 4.69) is 4.98 Å². The number of fused-ring (bicyclic) bond motifs is 1. The maximum Gasteiger partial charge on any atom is 0.261 e. The van der Waals surface area contributed by atoms with Crippen LogP contribution in [0.3, 0.4) is 0 Å². The Morgan fingerprint density at radius 3 is 2.75 bits per heavy atom. The first-order chi connectivity index (χ1) is 9.65. The van der Waals surface area contributed by atoms with E-state index in [4.69, 9.17) is 4.42 Å². The molecule has 0 aliphatic rings. The molecule has 0 aliphatic heterocycles. The smallest absolute Gasteiger partial charge is 0.261 e. The van der Waals surface area contributed by atoms with E-state index < -0.39 is 11.9 Å². The van der Waals surface area contributed by atoms with E-state index >= 15 is 0 Å². The summed E-state index contributed by atoms with van der Waals surface area (Å²) >= 11 is 1.20. The second-order valence-electron chi connectivity index (χ2n) is 4.38. The molecule has 0 bridgehead atoms. The molecule has 3 nitrogen and oxygen atoms in total. The van der Waals surface area contributed by atoms with Gasteiger partial charge in [0.05, 0.1) is 6.10 Å². The Morgan fingerprint density at radius 2 is 2.00 bits per heavy atom. The van der Waals surface area contributed by atoms with Gasteiger partial charge in [-0.15, -0.1) is 0 Å². The number of hydrogen-bond donors (Lipinski definition) is 1. The zero-order valence-corrected chi connectivity index (χ0v) is 11.5. The van der Waals surface area contributed by atoms with Gasteiger partial charge < -0.3 is 9.52 Å². The van der Waals surface area contributed by atoms with E-state index in [9.17, 15) is 9.50 Å². The van der Waals surface area contributed by atoms with Crippen LogP contribution in [0.15, 0.2) is 57.0 Å². The molecule has 0 radical (unpaired) electrons. The molecule has 0 aliphatic carbocycles. The molecule has 5 heteroatoms. The lowest BCUT2D eigenvalue weighted by Gasteiger charge is -2.10. The molecule has 2 aromatic carbocycles. The first-order valence-electron chi connectivity index (χ1n) is 6.15. The highest BCUT2D eigenvalue weighted by molar-refractivity contribution is 7.99. The molecule has 3 aromatic rings. The van der Waals surface area contributed by atoms with Crippen molar-refractivity contribution < 1.29 is 13.9 Å². The summed E-state index contributed by atoms with van der Waals surface area (Å²) in [7, 11) is 0. The Labute approximate surface area is 119 Å². The van der Waals surface area contributed by atoms with Crippen LogP contribution in [0.4, 0.5) is 4.39 Å². The van der Waals surface area contributed by atoms with E-state index in [0.717, 1.165) is 5.52 Å². The van der Waals surface area contributed by atoms with Crippen LogP contribution in [-0.4, -0.2) is 10.1 Å². The minimum absolute atomic E-state index is 0.264. The molecule has 1 heterocycles. The average Bonchev–Trinajstić information content (AvgIpc) is 2.80. The summed E-state index contributed by atoms with van der Waals surface area (Å²) in [5, 5.41) is 10.1. The minimum atomic E-state index is -0.886. The number of aliphatic hydroxyl groups excluding tert-OH is 1. The zero-order chi connectivity index (χ0) is 14.1. The molecular formula is C15H12FNO2S. The van der Waals surface area contributed by atoms with Crippen molar-refractivity contribution in [2.75, 3.05) is 0 Å². The van der Waals surface area contributed by atoms with E-state index in [1.165, 1.54) is 24.8 Å². The highest BCUT2D eigenvalue weighted by Gasteiger charge is 2.16. The first kappa shape index (κ1) is 13.1. The van der Waals surface area contributed by atoms with Crippen molar-refractivity contribution in [2.24, 2.45) is 0 Å². The molecular weight excluding hydrogens is 277 g/mol. The number of halogens is 1. The van der Waals surface area contributed by atoms with Crippen LogP contribution in [0.2, 0.25) is 0 Å². The number of benzene rings is 2. The summed E-state index contributed by atoms with van der Waals surface area (Å²) in [6, 6.07) is 12.1. The number of para-hydroxylation sites is 2. The van der Waals surface area contributed by atoms with E-state index in [-0.39, 0.29) is 5.56 Å². The van der Waals surface area contributed by atoms with Gasteiger partial charge in [-0.3, -0.25) is 0 Å². The number of oxazole rings is 1. The average molecular weight is 289 g/mol.